The maximum atomic E-state index is 2.45. The monoisotopic (exact) mass is 575 g/mol. The Bertz CT molecular complexity index is 2310. The standard InChI is InChI=1S/C42H29N3/c1-4-16-30(17-5-1)43-35-24-12-10-22-33(35)41-37(43)26-14-28-39(41)45(32-20-8-3-9-21-32)40-29-15-27-38-42(40)34-23-11-13-25-36(34)44(38)31-18-6-2-7-19-31/h1-29H. The zero-order valence-electron chi connectivity index (χ0n) is 24.6. The molecule has 0 saturated carbocycles. The third-order valence-corrected chi connectivity index (χ3v) is 8.88. The Hall–Kier alpha value is -6.06. The van der Waals surface area contributed by atoms with E-state index in [0.29, 0.717) is 0 Å². The van der Waals surface area contributed by atoms with Crippen LogP contribution >= 0.6 is 0 Å². The Morgan fingerprint density at radius 2 is 0.689 bits per heavy atom. The van der Waals surface area contributed by atoms with Crippen molar-refractivity contribution in [1.82, 2.24) is 9.13 Å². The summed E-state index contributed by atoms with van der Waals surface area (Å²) in [4.78, 5) is 2.45. The summed E-state index contributed by atoms with van der Waals surface area (Å²) in [5.74, 6) is 0. The van der Waals surface area contributed by atoms with Crippen molar-refractivity contribution < 1.29 is 0 Å². The molecule has 212 valence electrons. The van der Waals surface area contributed by atoms with Gasteiger partial charge in [0, 0.05) is 38.6 Å². The average Bonchev–Trinajstić information content (AvgIpc) is 3.64. The first-order chi connectivity index (χ1) is 22.4. The number of anilines is 3. The molecule has 9 rings (SSSR count). The molecule has 9 aromatic rings. The Morgan fingerprint density at radius 3 is 1.16 bits per heavy atom. The van der Waals surface area contributed by atoms with Crippen LogP contribution in [0.1, 0.15) is 0 Å². The molecular formula is C42H29N3. The van der Waals surface area contributed by atoms with Gasteiger partial charge in [-0.3, -0.25) is 0 Å². The highest BCUT2D eigenvalue weighted by Crippen LogP contribution is 2.47. The van der Waals surface area contributed by atoms with E-state index in [2.05, 4.69) is 190 Å². The molecule has 0 aliphatic heterocycles. The fraction of sp³-hybridized carbons (Fsp3) is 0. The molecule has 0 radical (unpaired) electrons. The lowest BCUT2D eigenvalue weighted by Crippen LogP contribution is -2.11. The summed E-state index contributed by atoms with van der Waals surface area (Å²) in [6, 6.07) is 63.1. The van der Waals surface area contributed by atoms with Crippen LogP contribution in [-0.4, -0.2) is 9.13 Å². The maximum absolute atomic E-state index is 2.45. The summed E-state index contributed by atoms with van der Waals surface area (Å²) in [5, 5.41) is 4.91. The zero-order chi connectivity index (χ0) is 29.7. The number of aromatic nitrogens is 2. The van der Waals surface area contributed by atoms with Crippen LogP contribution in [0.4, 0.5) is 17.1 Å². The lowest BCUT2D eigenvalue weighted by Gasteiger charge is -2.27. The second-order valence-corrected chi connectivity index (χ2v) is 11.4. The number of fused-ring (bicyclic) bond motifs is 6. The molecule has 0 atom stereocenters. The summed E-state index contributed by atoms with van der Waals surface area (Å²) in [5.41, 5.74) is 10.5. The molecule has 0 spiro atoms. The lowest BCUT2D eigenvalue weighted by molar-refractivity contribution is 1.18. The second kappa shape index (κ2) is 10.3. The first-order valence-electron chi connectivity index (χ1n) is 15.4. The second-order valence-electron chi connectivity index (χ2n) is 11.4. The molecule has 0 fully saturated rings. The van der Waals surface area contributed by atoms with Crippen molar-refractivity contribution in [2.75, 3.05) is 4.90 Å². The molecule has 2 heterocycles. The van der Waals surface area contributed by atoms with Gasteiger partial charge in [0.25, 0.3) is 0 Å². The molecule has 0 saturated heterocycles. The molecule has 0 amide bonds. The van der Waals surface area contributed by atoms with Crippen LogP contribution in [-0.2, 0) is 0 Å². The number of nitrogens with zero attached hydrogens (tertiary/aromatic N) is 3. The first-order valence-corrected chi connectivity index (χ1v) is 15.4. The Kier molecular flexibility index (Phi) is 5.82. The van der Waals surface area contributed by atoms with E-state index >= 15 is 0 Å². The van der Waals surface area contributed by atoms with E-state index in [1.54, 1.807) is 0 Å². The van der Waals surface area contributed by atoms with Gasteiger partial charge in [-0.2, -0.15) is 0 Å². The van der Waals surface area contributed by atoms with E-state index in [0.717, 1.165) is 28.4 Å². The molecule has 0 N–H and O–H groups in total. The Labute approximate surface area is 261 Å². The molecular weight excluding hydrogens is 546 g/mol. The highest BCUT2D eigenvalue weighted by atomic mass is 15.2. The predicted molar refractivity (Wildman–Crippen MR) is 190 cm³/mol. The summed E-state index contributed by atoms with van der Waals surface area (Å²) in [6.07, 6.45) is 0. The Morgan fingerprint density at radius 1 is 0.311 bits per heavy atom. The topological polar surface area (TPSA) is 13.1 Å². The molecule has 7 aromatic carbocycles. The SMILES string of the molecule is c1ccc(N(c2cccc3c2c2ccccc2n3-c2ccccc2)c2cccc3c2c2ccccc2n3-c2ccccc2)cc1. The normalized spacial score (nSPS) is 11.6. The highest BCUT2D eigenvalue weighted by Gasteiger charge is 2.24. The maximum Gasteiger partial charge on any atom is 0.0562 e. The lowest BCUT2D eigenvalue weighted by atomic mass is 10.1. The van der Waals surface area contributed by atoms with Crippen molar-refractivity contribution in [3.63, 3.8) is 0 Å². The summed E-state index contributed by atoms with van der Waals surface area (Å²) < 4.78 is 4.78. The van der Waals surface area contributed by atoms with Gasteiger partial charge in [-0.1, -0.05) is 103 Å². The molecule has 3 nitrogen and oxygen atoms in total. The van der Waals surface area contributed by atoms with Crippen molar-refractivity contribution in [3.8, 4) is 11.4 Å². The van der Waals surface area contributed by atoms with Gasteiger partial charge in [0.2, 0.25) is 0 Å². The average molecular weight is 576 g/mol. The largest absolute Gasteiger partial charge is 0.309 e. The highest BCUT2D eigenvalue weighted by molar-refractivity contribution is 6.20. The molecule has 0 bridgehead atoms. The summed E-state index contributed by atoms with van der Waals surface area (Å²) >= 11 is 0. The quantitative estimate of drug-likeness (QED) is 0.199. The minimum Gasteiger partial charge on any atom is -0.309 e. The smallest absolute Gasteiger partial charge is 0.0562 e. The molecule has 0 aliphatic rings. The van der Waals surface area contributed by atoms with Gasteiger partial charge < -0.3 is 14.0 Å². The van der Waals surface area contributed by atoms with Crippen molar-refractivity contribution in [2.45, 2.75) is 0 Å². The van der Waals surface area contributed by atoms with Crippen LogP contribution in [0, 0.1) is 0 Å². The molecule has 0 aliphatic carbocycles. The zero-order valence-corrected chi connectivity index (χ0v) is 24.6. The van der Waals surface area contributed by atoms with Gasteiger partial charge in [0.15, 0.2) is 0 Å². The van der Waals surface area contributed by atoms with Crippen LogP contribution in [0.2, 0.25) is 0 Å². The first kappa shape index (κ1) is 25.4. The van der Waals surface area contributed by atoms with Crippen molar-refractivity contribution in [2.24, 2.45) is 0 Å². The molecule has 2 aromatic heterocycles. The minimum absolute atomic E-state index is 1.12. The van der Waals surface area contributed by atoms with E-state index in [-0.39, 0.29) is 0 Å². The number of benzene rings is 7. The van der Waals surface area contributed by atoms with Crippen LogP contribution < -0.4 is 4.90 Å². The predicted octanol–water partition coefficient (Wildman–Crippen LogP) is 11.4. The number of para-hydroxylation sites is 5. The van der Waals surface area contributed by atoms with Crippen LogP contribution in [0.25, 0.3) is 55.0 Å². The summed E-state index contributed by atoms with van der Waals surface area (Å²) in [6.45, 7) is 0. The van der Waals surface area contributed by atoms with Gasteiger partial charge >= 0.3 is 0 Å². The van der Waals surface area contributed by atoms with E-state index in [1.165, 1.54) is 43.6 Å². The van der Waals surface area contributed by atoms with Gasteiger partial charge in [0.1, 0.15) is 0 Å². The fourth-order valence-electron chi connectivity index (χ4n) is 7.07. The third-order valence-electron chi connectivity index (χ3n) is 8.88. The van der Waals surface area contributed by atoms with Crippen LogP contribution in [0.15, 0.2) is 176 Å². The number of hydrogen-bond acceptors (Lipinski definition) is 1. The minimum atomic E-state index is 1.12. The van der Waals surface area contributed by atoms with E-state index < -0.39 is 0 Å². The third kappa shape index (κ3) is 3.91. The summed E-state index contributed by atoms with van der Waals surface area (Å²) in [7, 11) is 0. The van der Waals surface area contributed by atoms with Crippen molar-refractivity contribution in [1.29, 1.82) is 0 Å². The van der Waals surface area contributed by atoms with Gasteiger partial charge in [-0.25, -0.2) is 0 Å². The van der Waals surface area contributed by atoms with Crippen molar-refractivity contribution >= 4 is 60.7 Å². The molecule has 45 heavy (non-hydrogen) atoms. The molecule has 0 unspecified atom stereocenters. The van der Waals surface area contributed by atoms with E-state index in [4.69, 9.17) is 0 Å². The van der Waals surface area contributed by atoms with E-state index in [1.807, 2.05) is 0 Å². The molecule has 3 heteroatoms. The van der Waals surface area contributed by atoms with Gasteiger partial charge in [-0.05, 0) is 72.8 Å². The fourth-order valence-corrected chi connectivity index (χ4v) is 7.07. The van der Waals surface area contributed by atoms with Crippen LogP contribution in [0.3, 0.4) is 0 Å². The van der Waals surface area contributed by atoms with Crippen molar-refractivity contribution in [3.05, 3.63) is 176 Å². The van der Waals surface area contributed by atoms with Gasteiger partial charge in [-0.15, -0.1) is 0 Å². The van der Waals surface area contributed by atoms with Crippen LogP contribution in [0.5, 0.6) is 0 Å². The van der Waals surface area contributed by atoms with E-state index in [9.17, 15) is 0 Å². The van der Waals surface area contributed by atoms with Gasteiger partial charge in [0.05, 0.1) is 33.4 Å². The Balaban J connectivity index is 1.41. The number of rotatable bonds is 5. The number of hydrogen-bond donors (Lipinski definition) is 0.